The molecule has 0 saturated heterocycles. The minimum atomic E-state index is -0.322. The summed E-state index contributed by atoms with van der Waals surface area (Å²) in [6.45, 7) is 4.28. The molecule has 0 aliphatic carbocycles. The maximum absolute atomic E-state index is 12.0. The molecule has 0 unspecified atom stereocenters. The maximum atomic E-state index is 12.0. The quantitative estimate of drug-likeness (QED) is 0.734. The number of rotatable bonds is 7. The van der Waals surface area contributed by atoms with Gasteiger partial charge in [0.2, 0.25) is 5.91 Å². The highest BCUT2D eigenvalue weighted by molar-refractivity contribution is 5.97. The molecule has 0 aliphatic rings. The number of amides is 1. The Morgan fingerprint density at radius 3 is 2.32 bits per heavy atom. The van der Waals surface area contributed by atoms with Crippen molar-refractivity contribution in [1.29, 1.82) is 0 Å². The second-order valence-corrected chi connectivity index (χ2v) is 4.97. The lowest BCUT2D eigenvalue weighted by molar-refractivity contribution is -0.123. The largest absolute Gasteiger partial charge is 0.358 e. The molecule has 0 spiro atoms. The Bertz CT molecular complexity index is 415. The first-order valence-corrected chi connectivity index (χ1v) is 6.57. The maximum Gasteiger partial charge on any atom is 0.236 e. The van der Waals surface area contributed by atoms with Gasteiger partial charge in [-0.1, -0.05) is 44.2 Å². The first-order valence-electron chi connectivity index (χ1n) is 6.57. The topological polar surface area (TPSA) is 58.2 Å². The molecule has 4 nitrogen and oxygen atoms in total. The standard InChI is InChI=1S/C15H22N2O2/c1-11(2)9-13(15(19)16-3)17-10-14(18)12-7-5-4-6-8-12/h4-8,11,13,17H,9-10H2,1-3H3,(H,16,19)/t13-/m0/s1. The second kappa shape index (κ2) is 7.69. The van der Waals surface area contributed by atoms with Crippen molar-refractivity contribution in [2.24, 2.45) is 5.92 Å². The van der Waals surface area contributed by atoms with E-state index in [1.54, 1.807) is 19.2 Å². The van der Waals surface area contributed by atoms with E-state index in [2.05, 4.69) is 24.5 Å². The van der Waals surface area contributed by atoms with Crippen LogP contribution in [0.1, 0.15) is 30.6 Å². The van der Waals surface area contributed by atoms with E-state index >= 15 is 0 Å². The summed E-state index contributed by atoms with van der Waals surface area (Å²) in [6.07, 6.45) is 0.710. The van der Waals surface area contributed by atoms with E-state index in [9.17, 15) is 9.59 Å². The zero-order chi connectivity index (χ0) is 14.3. The molecule has 1 aromatic rings. The normalized spacial score (nSPS) is 12.2. The van der Waals surface area contributed by atoms with Crippen molar-refractivity contribution in [3.63, 3.8) is 0 Å². The summed E-state index contributed by atoms with van der Waals surface area (Å²) in [5.74, 6) is 0.314. The van der Waals surface area contributed by atoms with E-state index in [1.807, 2.05) is 18.2 Å². The monoisotopic (exact) mass is 262 g/mol. The van der Waals surface area contributed by atoms with E-state index in [1.165, 1.54) is 0 Å². The van der Waals surface area contributed by atoms with Gasteiger partial charge in [0.1, 0.15) is 0 Å². The predicted molar refractivity (Wildman–Crippen MR) is 76.1 cm³/mol. The van der Waals surface area contributed by atoms with Crippen LogP contribution in [0.3, 0.4) is 0 Å². The molecule has 0 aromatic heterocycles. The number of benzene rings is 1. The van der Waals surface area contributed by atoms with Crippen molar-refractivity contribution in [3.05, 3.63) is 35.9 Å². The van der Waals surface area contributed by atoms with Crippen LogP contribution in [-0.4, -0.2) is 31.3 Å². The molecule has 0 saturated carbocycles. The fourth-order valence-electron chi connectivity index (χ4n) is 1.87. The lowest BCUT2D eigenvalue weighted by Crippen LogP contribution is -2.45. The summed E-state index contributed by atoms with van der Waals surface area (Å²) in [4.78, 5) is 23.7. The van der Waals surface area contributed by atoms with Crippen LogP contribution in [0.15, 0.2) is 30.3 Å². The summed E-state index contributed by atoms with van der Waals surface area (Å²) in [5, 5.41) is 5.66. The van der Waals surface area contributed by atoms with E-state index in [0.717, 1.165) is 0 Å². The first kappa shape index (κ1) is 15.4. The molecule has 104 valence electrons. The van der Waals surface area contributed by atoms with E-state index in [0.29, 0.717) is 17.9 Å². The Hall–Kier alpha value is -1.68. The number of hydrogen-bond donors (Lipinski definition) is 2. The van der Waals surface area contributed by atoms with Gasteiger partial charge in [-0.2, -0.15) is 0 Å². The minimum absolute atomic E-state index is 0.00161. The van der Waals surface area contributed by atoms with Gasteiger partial charge in [-0.3, -0.25) is 14.9 Å². The summed E-state index contributed by atoms with van der Waals surface area (Å²) in [7, 11) is 1.61. The van der Waals surface area contributed by atoms with Gasteiger partial charge in [0.25, 0.3) is 0 Å². The van der Waals surface area contributed by atoms with Crippen molar-refractivity contribution in [2.45, 2.75) is 26.3 Å². The number of carbonyl (C=O) groups excluding carboxylic acids is 2. The van der Waals surface area contributed by atoms with Gasteiger partial charge < -0.3 is 5.32 Å². The smallest absolute Gasteiger partial charge is 0.236 e. The van der Waals surface area contributed by atoms with Crippen LogP contribution < -0.4 is 10.6 Å². The van der Waals surface area contributed by atoms with Crippen molar-refractivity contribution in [3.8, 4) is 0 Å². The number of likely N-dealkylation sites (N-methyl/N-ethyl adjacent to an activating group) is 1. The Kier molecular flexibility index (Phi) is 6.22. The third-order valence-electron chi connectivity index (χ3n) is 2.87. The fourth-order valence-corrected chi connectivity index (χ4v) is 1.87. The highest BCUT2D eigenvalue weighted by atomic mass is 16.2. The van der Waals surface area contributed by atoms with Crippen LogP contribution in [-0.2, 0) is 4.79 Å². The molecule has 1 rings (SSSR count). The summed E-state index contributed by atoms with van der Waals surface area (Å²) < 4.78 is 0. The zero-order valence-corrected chi connectivity index (χ0v) is 11.8. The Labute approximate surface area is 114 Å². The van der Waals surface area contributed by atoms with Gasteiger partial charge in [-0.05, 0) is 12.3 Å². The molecule has 2 N–H and O–H groups in total. The number of hydrogen-bond acceptors (Lipinski definition) is 3. The van der Waals surface area contributed by atoms with Crippen molar-refractivity contribution in [2.75, 3.05) is 13.6 Å². The average Bonchev–Trinajstić information content (AvgIpc) is 2.42. The summed E-state index contributed by atoms with van der Waals surface area (Å²) >= 11 is 0. The number of carbonyl (C=O) groups is 2. The van der Waals surface area contributed by atoms with Crippen molar-refractivity contribution < 1.29 is 9.59 Å². The number of ketones is 1. The van der Waals surface area contributed by atoms with Gasteiger partial charge in [-0.25, -0.2) is 0 Å². The third-order valence-corrected chi connectivity index (χ3v) is 2.87. The highest BCUT2D eigenvalue weighted by Crippen LogP contribution is 2.05. The Morgan fingerprint density at radius 1 is 1.16 bits per heavy atom. The predicted octanol–water partition coefficient (Wildman–Crippen LogP) is 1.62. The Morgan fingerprint density at radius 2 is 1.79 bits per heavy atom. The van der Waals surface area contributed by atoms with Crippen LogP contribution in [0.25, 0.3) is 0 Å². The molecule has 1 atom stereocenters. The molecule has 4 heteroatoms. The van der Waals surface area contributed by atoms with Crippen LogP contribution in [0.4, 0.5) is 0 Å². The fraction of sp³-hybridized carbons (Fsp3) is 0.467. The molecule has 0 radical (unpaired) electrons. The molecular weight excluding hydrogens is 240 g/mol. The lowest BCUT2D eigenvalue weighted by Gasteiger charge is -2.18. The molecule has 0 fully saturated rings. The van der Waals surface area contributed by atoms with Crippen LogP contribution in [0.5, 0.6) is 0 Å². The van der Waals surface area contributed by atoms with Crippen LogP contribution >= 0.6 is 0 Å². The third kappa shape index (κ3) is 5.22. The molecule has 1 amide bonds. The van der Waals surface area contributed by atoms with Crippen LogP contribution in [0.2, 0.25) is 0 Å². The molecule has 1 aromatic carbocycles. The van der Waals surface area contributed by atoms with Gasteiger partial charge >= 0.3 is 0 Å². The van der Waals surface area contributed by atoms with E-state index in [-0.39, 0.29) is 24.3 Å². The average molecular weight is 262 g/mol. The highest BCUT2D eigenvalue weighted by Gasteiger charge is 2.19. The van der Waals surface area contributed by atoms with E-state index < -0.39 is 0 Å². The molecular formula is C15H22N2O2. The molecule has 0 aliphatic heterocycles. The summed E-state index contributed by atoms with van der Waals surface area (Å²) in [5.41, 5.74) is 0.662. The van der Waals surface area contributed by atoms with Gasteiger partial charge in [0, 0.05) is 12.6 Å². The minimum Gasteiger partial charge on any atom is -0.358 e. The second-order valence-electron chi connectivity index (χ2n) is 4.97. The molecule has 19 heavy (non-hydrogen) atoms. The first-order chi connectivity index (χ1) is 9.04. The van der Waals surface area contributed by atoms with Crippen LogP contribution in [0, 0.1) is 5.92 Å². The number of nitrogens with one attached hydrogen (secondary N) is 2. The van der Waals surface area contributed by atoms with Crippen molar-refractivity contribution in [1.82, 2.24) is 10.6 Å². The zero-order valence-electron chi connectivity index (χ0n) is 11.8. The van der Waals surface area contributed by atoms with Gasteiger partial charge in [-0.15, -0.1) is 0 Å². The van der Waals surface area contributed by atoms with Crippen molar-refractivity contribution >= 4 is 11.7 Å². The van der Waals surface area contributed by atoms with E-state index in [4.69, 9.17) is 0 Å². The lowest BCUT2D eigenvalue weighted by atomic mass is 10.0. The number of Topliss-reactive ketones (excluding diaryl/α,β-unsaturated/α-hetero) is 1. The summed E-state index contributed by atoms with van der Waals surface area (Å²) in [6, 6.07) is 8.77. The Balaban J connectivity index is 2.56. The SMILES string of the molecule is CNC(=O)[C@H](CC(C)C)NCC(=O)c1ccccc1. The molecule has 0 heterocycles. The van der Waals surface area contributed by atoms with Gasteiger partial charge in [0.15, 0.2) is 5.78 Å². The molecule has 0 bridgehead atoms. The van der Waals surface area contributed by atoms with Gasteiger partial charge in [0.05, 0.1) is 12.6 Å².